The Bertz CT molecular complexity index is 877. The van der Waals surface area contributed by atoms with Crippen molar-refractivity contribution in [3.63, 3.8) is 0 Å². The van der Waals surface area contributed by atoms with Crippen LogP contribution in [0.25, 0.3) is 0 Å². The number of ether oxygens (including phenoxy) is 1. The van der Waals surface area contributed by atoms with Gasteiger partial charge in [0.1, 0.15) is 11.6 Å². The van der Waals surface area contributed by atoms with Gasteiger partial charge in [0, 0.05) is 26.2 Å². The predicted molar refractivity (Wildman–Crippen MR) is 133 cm³/mol. The van der Waals surface area contributed by atoms with Crippen molar-refractivity contribution >= 4 is 11.9 Å². The minimum atomic E-state index is -0.946. The van der Waals surface area contributed by atoms with Crippen molar-refractivity contribution in [1.29, 1.82) is 5.26 Å². The molecule has 4 rings (SSSR count). The van der Waals surface area contributed by atoms with Crippen LogP contribution in [0.15, 0.2) is 30.3 Å². The van der Waals surface area contributed by atoms with Crippen LogP contribution < -0.4 is 10.6 Å². The number of hydrogen-bond donors (Lipinski definition) is 2. The molecule has 2 saturated heterocycles. The predicted octanol–water partition coefficient (Wildman–Crippen LogP) is 3.04. The number of urea groups is 1. The van der Waals surface area contributed by atoms with Crippen molar-refractivity contribution < 1.29 is 14.3 Å². The Morgan fingerprint density at radius 3 is 2.54 bits per heavy atom. The van der Waals surface area contributed by atoms with E-state index in [9.17, 15) is 14.9 Å². The zero-order valence-corrected chi connectivity index (χ0v) is 20.7. The van der Waals surface area contributed by atoms with Gasteiger partial charge >= 0.3 is 6.03 Å². The molecule has 3 fully saturated rings. The number of carbonyl (C=O) groups is 2. The van der Waals surface area contributed by atoms with Crippen molar-refractivity contribution in [2.75, 3.05) is 39.4 Å². The van der Waals surface area contributed by atoms with Crippen LogP contribution >= 0.6 is 0 Å². The number of rotatable bonds is 7. The summed E-state index contributed by atoms with van der Waals surface area (Å²) in [5.74, 6) is 0.184. The molecule has 1 saturated carbocycles. The van der Waals surface area contributed by atoms with Crippen LogP contribution in [-0.4, -0.2) is 72.7 Å². The fourth-order valence-corrected chi connectivity index (χ4v) is 5.66. The average molecular weight is 482 g/mol. The van der Waals surface area contributed by atoms with Gasteiger partial charge < -0.3 is 20.3 Å². The Hall–Kier alpha value is -2.63. The largest absolute Gasteiger partial charge is 0.378 e. The maximum atomic E-state index is 13.6. The maximum absolute atomic E-state index is 13.6. The summed E-state index contributed by atoms with van der Waals surface area (Å²) >= 11 is 0. The summed E-state index contributed by atoms with van der Waals surface area (Å²) in [6.45, 7) is 4.22. The smallest absolute Gasteiger partial charge is 0.318 e. The summed E-state index contributed by atoms with van der Waals surface area (Å²) in [5.41, 5.74) is 0.249. The van der Waals surface area contributed by atoms with Crippen LogP contribution in [0.2, 0.25) is 0 Å². The molecular weight excluding hydrogens is 442 g/mol. The highest BCUT2D eigenvalue weighted by Crippen LogP contribution is 2.28. The summed E-state index contributed by atoms with van der Waals surface area (Å²) in [7, 11) is 0. The number of nitrogens with zero attached hydrogens (tertiary/aromatic N) is 3. The first kappa shape index (κ1) is 25.5. The number of benzene rings is 1. The van der Waals surface area contributed by atoms with Gasteiger partial charge in [-0.05, 0) is 37.3 Å². The van der Waals surface area contributed by atoms with Crippen LogP contribution in [-0.2, 0) is 16.1 Å². The van der Waals surface area contributed by atoms with Crippen LogP contribution in [0, 0.1) is 17.2 Å². The van der Waals surface area contributed by atoms with Crippen molar-refractivity contribution in [3.05, 3.63) is 35.9 Å². The molecule has 0 spiro atoms. The van der Waals surface area contributed by atoms with E-state index in [-0.39, 0.29) is 11.9 Å². The Morgan fingerprint density at radius 2 is 1.83 bits per heavy atom. The molecule has 8 heteroatoms. The van der Waals surface area contributed by atoms with E-state index in [4.69, 9.17) is 4.74 Å². The zero-order chi connectivity index (χ0) is 24.5. The summed E-state index contributed by atoms with van der Waals surface area (Å²) < 4.78 is 5.36. The first-order valence-electron chi connectivity index (χ1n) is 13.2. The lowest BCUT2D eigenvalue weighted by Gasteiger charge is -2.40. The maximum Gasteiger partial charge on any atom is 0.318 e. The third kappa shape index (κ3) is 7.18. The highest BCUT2D eigenvalue weighted by atomic mass is 16.5. The minimum absolute atomic E-state index is 0.218. The molecule has 2 aliphatic heterocycles. The summed E-state index contributed by atoms with van der Waals surface area (Å²) in [6.07, 6.45) is 7.85. The highest BCUT2D eigenvalue weighted by Gasteiger charge is 2.39. The molecule has 2 atom stereocenters. The second-order valence-electron chi connectivity index (χ2n) is 10.3. The molecule has 3 aliphatic rings. The number of piperidine rings is 1. The number of nitrogens with one attached hydrogen (secondary N) is 2. The molecule has 2 N–H and O–H groups in total. The lowest BCUT2D eigenvalue weighted by atomic mass is 9.84. The van der Waals surface area contributed by atoms with E-state index in [1.165, 1.54) is 24.8 Å². The molecule has 0 aromatic heterocycles. The van der Waals surface area contributed by atoms with Crippen LogP contribution in [0.5, 0.6) is 0 Å². The quantitative estimate of drug-likeness (QED) is 0.624. The lowest BCUT2D eigenvalue weighted by molar-refractivity contribution is -0.125. The van der Waals surface area contributed by atoms with Crippen LogP contribution in [0.3, 0.4) is 0 Å². The normalized spacial score (nSPS) is 24.8. The monoisotopic (exact) mass is 481 g/mol. The Morgan fingerprint density at radius 1 is 1.09 bits per heavy atom. The second-order valence-corrected chi connectivity index (χ2v) is 10.3. The summed E-state index contributed by atoms with van der Waals surface area (Å²) in [5, 5.41) is 16.3. The van der Waals surface area contributed by atoms with Crippen molar-refractivity contribution in [1.82, 2.24) is 20.4 Å². The van der Waals surface area contributed by atoms with Gasteiger partial charge in [0.05, 0.1) is 19.3 Å². The van der Waals surface area contributed by atoms with E-state index < -0.39 is 11.6 Å². The second kappa shape index (κ2) is 12.4. The fraction of sp³-hybridized carbons (Fsp3) is 0.667. The highest BCUT2D eigenvalue weighted by molar-refractivity contribution is 5.88. The molecule has 8 nitrogen and oxygen atoms in total. The van der Waals surface area contributed by atoms with E-state index >= 15 is 0 Å². The van der Waals surface area contributed by atoms with E-state index in [2.05, 4.69) is 33.7 Å². The van der Waals surface area contributed by atoms with E-state index in [1.807, 2.05) is 18.2 Å². The van der Waals surface area contributed by atoms with Gasteiger partial charge in [0.25, 0.3) is 0 Å². The molecule has 2 unspecified atom stereocenters. The van der Waals surface area contributed by atoms with Crippen molar-refractivity contribution in [2.45, 2.75) is 69.5 Å². The Kier molecular flexibility index (Phi) is 9.00. The number of nitriles is 1. The van der Waals surface area contributed by atoms with Crippen molar-refractivity contribution in [3.8, 4) is 6.07 Å². The molecular formula is C27H39N5O3. The van der Waals surface area contributed by atoms with Gasteiger partial charge in [-0.1, -0.05) is 62.4 Å². The average Bonchev–Trinajstić information content (AvgIpc) is 2.90. The molecule has 1 aliphatic carbocycles. The topological polar surface area (TPSA) is 97.7 Å². The zero-order valence-electron chi connectivity index (χ0n) is 20.7. The third-order valence-electron chi connectivity index (χ3n) is 7.60. The lowest BCUT2D eigenvalue weighted by Crippen LogP contribution is -2.62. The number of likely N-dealkylation sites (tertiary alicyclic amines) is 1. The van der Waals surface area contributed by atoms with Gasteiger partial charge in [-0.25, -0.2) is 4.79 Å². The van der Waals surface area contributed by atoms with Gasteiger partial charge in [0.15, 0.2) is 0 Å². The number of morpholine rings is 1. The molecule has 1 aromatic carbocycles. The minimum Gasteiger partial charge on any atom is -0.378 e. The third-order valence-corrected chi connectivity index (χ3v) is 7.60. The molecule has 1 aromatic rings. The van der Waals surface area contributed by atoms with E-state index in [0.29, 0.717) is 51.6 Å². The molecule has 3 amide bonds. The first-order chi connectivity index (χ1) is 17.1. The van der Waals surface area contributed by atoms with E-state index in [0.717, 1.165) is 32.4 Å². The Balaban J connectivity index is 1.43. The number of amides is 3. The van der Waals surface area contributed by atoms with Gasteiger partial charge in [-0.3, -0.25) is 9.69 Å². The molecule has 2 heterocycles. The molecule has 35 heavy (non-hydrogen) atoms. The molecule has 0 radical (unpaired) electrons. The number of hydrogen-bond acceptors (Lipinski definition) is 5. The Labute approximate surface area is 209 Å². The van der Waals surface area contributed by atoms with Crippen LogP contribution in [0.1, 0.15) is 56.9 Å². The van der Waals surface area contributed by atoms with Gasteiger partial charge in [-0.2, -0.15) is 5.26 Å². The fourth-order valence-electron chi connectivity index (χ4n) is 5.66. The SMILES string of the molecule is N#CC1(NC(=O)C(CC2CCCCC2)NC(=O)N2CCOCC2)CCCN(Cc2ccccc2)C1. The standard InChI is InChI=1S/C27H39N5O3/c28-20-27(12-7-13-31(21-27)19-23-10-5-2-6-11-23)30-25(33)24(18-22-8-3-1-4-9-22)29-26(34)32-14-16-35-17-15-32/h2,5-6,10-11,22,24H,1,3-4,7-9,12-19,21H2,(H,29,34)(H,30,33). The van der Waals surface area contributed by atoms with E-state index in [1.54, 1.807) is 4.90 Å². The van der Waals surface area contributed by atoms with Gasteiger partial charge in [0.2, 0.25) is 5.91 Å². The summed E-state index contributed by atoms with van der Waals surface area (Å²) in [4.78, 5) is 30.5. The van der Waals surface area contributed by atoms with Gasteiger partial charge in [-0.15, -0.1) is 0 Å². The first-order valence-corrected chi connectivity index (χ1v) is 13.2. The van der Waals surface area contributed by atoms with Crippen LogP contribution in [0.4, 0.5) is 4.79 Å². The number of carbonyl (C=O) groups excluding carboxylic acids is 2. The van der Waals surface area contributed by atoms with Crippen molar-refractivity contribution in [2.24, 2.45) is 5.92 Å². The summed E-state index contributed by atoms with van der Waals surface area (Å²) in [6, 6.07) is 11.8. The molecule has 0 bridgehead atoms. The molecule has 190 valence electrons.